The lowest BCUT2D eigenvalue weighted by molar-refractivity contribution is 0.0678. The van der Waals surface area contributed by atoms with Gasteiger partial charge in [0.25, 0.3) is 0 Å². The maximum absolute atomic E-state index is 5.51. The van der Waals surface area contributed by atoms with Gasteiger partial charge in [-0.2, -0.15) is 0 Å². The highest BCUT2D eigenvalue weighted by atomic mass is 16.5. The van der Waals surface area contributed by atoms with E-state index in [1.165, 1.54) is 0 Å². The van der Waals surface area contributed by atoms with E-state index in [1.807, 2.05) is 24.3 Å². The zero-order valence-electron chi connectivity index (χ0n) is 7.53. The first-order valence-electron chi connectivity index (χ1n) is 4.66. The second-order valence-corrected chi connectivity index (χ2v) is 3.17. The molecule has 2 rings (SSSR count). The molecule has 0 saturated carbocycles. The third-order valence-corrected chi connectivity index (χ3v) is 2.13. The molecular weight excluding hydrogens is 164 g/mol. The van der Waals surface area contributed by atoms with Gasteiger partial charge in [0.2, 0.25) is 0 Å². The summed E-state index contributed by atoms with van der Waals surface area (Å²) in [6, 6.07) is 10.7. The smallest absolute Gasteiger partial charge is 0.127 e. The summed E-state index contributed by atoms with van der Waals surface area (Å²) in [7, 11) is 0. The van der Waals surface area contributed by atoms with Crippen LogP contribution in [0, 0.1) is 6.07 Å². The fourth-order valence-electron chi connectivity index (χ4n) is 1.43. The summed E-state index contributed by atoms with van der Waals surface area (Å²) < 4.78 is 10.9. The topological polar surface area (TPSA) is 18.5 Å². The lowest BCUT2D eigenvalue weighted by atomic mass is 10.2. The second-order valence-electron chi connectivity index (χ2n) is 3.17. The number of hydrogen-bond donors (Lipinski definition) is 0. The van der Waals surface area contributed by atoms with Crippen molar-refractivity contribution in [1.82, 2.24) is 0 Å². The molecule has 0 aliphatic carbocycles. The van der Waals surface area contributed by atoms with E-state index in [0.29, 0.717) is 6.61 Å². The number of ether oxygens (including phenoxy) is 2. The fourth-order valence-corrected chi connectivity index (χ4v) is 1.43. The molecule has 13 heavy (non-hydrogen) atoms. The summed E-state index contributed by atoms with van der Waals surface area (Å²) in [5.74, 6) is 0.804. The molecule has 0 spiro atoms. The largest absolute Gasteiger partial charge is 0.490 e. The predicted molar refractivity (Wildman–Crippen MR) is 49.7 cm³/mol. The second kappa shape index (κ2) is 4.28. The van der Waals surface area contributed by atoms with Crippen molar-refractivity contribution in [2.45, 2.75) is 18.9 Å². The van der Waals surface area contributed by atoms with Crippen LogP contribution in [0.3, 0.4) is 0 Å². The molecular formula is C11H13O2. The Morgan fingerprint density at radius 1 is 1.54 bits per heavy atom. The number of para-hydroxylation sites is 1. The maximum atomic E-state index is 5.51. The Kier molecular flexibility index (Phi) is 2.82. The molecule has 0 N–H and O–H groups in total. The van der Waals surface area contributed by atoms with E-state index in [-0.39, 0.29) is 6.10 Å². The summed E-state index contributed by atoms with van der Waals surface area (Å²) >= 11 is 0. The quantitative estimate of drug-likeness (QED) is 0.703. The van der Waals surface area contributed by atoms with E-state index < -0.39 is 0 Å². The highest BCUT2D eigenvalue weighted by molar-refractivity contribution is 5.19. The van der Waals surface area contributed by atoms with Gasteiger partial charge in [0.05, 0.1) is 6.10 Å². The number of hydrogen-bond acceptors (Lipinski definition) is 2. The van der Waals surface area contributed by atoms with Gasteiger partial charge in [0, 0.05) is 12.7 Å². The van der Waals surface area contributed by atoms with E-state index in [0.717, 1.165) is 25.2 Å². The molecule has 1 aliphatic heterocycles. The maximum Gasteiger partial charge on any atom is 0.127 e. The van der Waals surface area contributed by atoms with E-state index in [1.54, 1.807) is 0 Å². The standard InChI is InChI=1S/C11H13O2/c1-2-5-10(6-3-1)13-9-11-7-4-8-12-11/h1-3,5,11H,4,7-9H2. The average molecular weight is 177 g/mol. The minimum absolute atomic E-state index is 0.286. The third kappa shape index (κ3) is 2.46. The summed E-state index contributed by atoms with van der Waals surface area (Å²) in [4.78, 5) is 0. The fraction of sp³-hybridized carbons (Fsp3) is 0.455. The van der Waals surface area contributed by atoms with Crippen LogP contribution in [0.5, 0.6) is 5.75 Å². The molecule has 0 bridgehead atoms. The number of rotatable bonds is 3. The zero-order chi connectivity index (χ0) is 8.93. The molecule has 1 radical (unpaired) electrons. The van der Waals surface area contributed by atoms with Crippen LogP contribution >= 0.6 is 0 Å². The van der Waals surface area contributed by atoms with E-state index in [9.17, 15) is 0 Å². The van der Waals surface area contributed by atoms with E-state index in [4.69, 9.17) is 9.47 Å². The van der Waals surface area contributed by atoms with Crippen molar-refractivity contribution < 1.29 is 9.47 Å². The molecule has 1 fully saturated rings. The summed E-state index contributed by atoms with van der Waals surface area (Å²) in [6.07, 6.45) is 2.56. The van der Waals surface area contributed by atoms with Gasteiger partial charge in [-0.25, -0.2) is 0 Å². The van der Waals surface area contributed by atoms with Crippen LogP contribution in [-0.2, 0) is 4.74 Å². The molecule has 0 aromatic heterocycles. The number of benzene rings is 1. The molecule has 1 heterocycles. The van der Waals surface area contributed by atoms with Crippen LogP contribution in [0.25, 0.3) is 0 Å². The molecule has 1 atom stereocenters. The van der Waals surface area contributed by atoms with Crippen LogP contribution in [-0.4, -0.2) is 19.3 Å². The van der Waals surface area contributed by atoms with Crippen LogP contribution in [0.15, 0.2) is 24.3 Å². The van der Waals surface area contributed by atoms with Gasteiger partial charge < -0.3 is 9.47 Å². The van der Waals surface area contributed by atoms with Gasteiger partial charge in [0.15, 0.2) is 0 Å². The Morgan fingerprint density at radius 2 is 2.54 bits per heavy atom. The first kappa shape index (κ1) is 8.57. The van der Waals surface area contributed by atoms with E-state index >= 15 is 0 Å². The highest BCUT2D eigenvalue weighted by Gasteiger charge is 2.15. The molecule has 1 unspecified atom stereocenters. The van der Waals surface area contributed by atoms with Gasteiger partial charge in [-0.15, -0.1) is 0 Å². The van der Waals surface area contributed by atoms with Gasteiger partial charge in [-0.3, -0.25) is 0 Å². The summed E-state index contributed by atoms with van der Waals surface area (Å²) in [5.41, 5.74) is 0. The van der Waals surface area contributed by atoms with Gasteiger partial charge in [-0.1, -0.05) is 18.2 Å². The molecule has 1 aromatic carbocycles. The average Bonchev–Trinajstić information content (AvgIpc) is 2.69. The van der Waals surface area contributed by atoms with Gasteiger partial charge in [0.1, 0.15) is 12.4 Å². The van der Waals surface area contributed by atoms with Crippen molar-refractivity contribution in [3.05, 3.63) is 30.3 Å². The highest BCUT2D eigenvalue weighted by Crippen LogP contribution is 2.14. The summed E-state index contributed by atoms with van der Waals surface area (Å²) in [6.45, 7) is 1.53. The molecule has 1 aliphatic rings. The normalized spacial score (nSPS) is 21.7. The molecule has 69 valence electrons. The van der Waals surface area contributed by atoms with Crippen LogP contribution in [0.1, 0.15) is 12.8 Å². The molecule has 2 heteroatoms. The van der Waals surface area contributed by atoms with Crippen molar-refractivity contribution in [2.24, 2.45) is 0 Å². The first-order chi connectivity index (χ1) is 6.45. The Morgan fingerprint density at radius 3 is 3.23 bits per heavy atom. The van der Waals surface area contributed by atoms with Gasteiger partial charge in [-0.05, 0) is 18.9 Å². The molecule has 2 nitrogen and oxygen atoms in total. The Labute approximate surface area is 78.5 Å². The minimum atomic E-state index is 0.286. The monoisotopic (exact) mass is 177 g/mol. The lowest BCUT2D eigenvalue weighted by Crippen LogP contribution is -2.16. The Balaban J connectivity index is 1.79. The predicted octanol–water partition coefficient (Wildman–Crippen LogP) is 2.04. The van der Waals surface area contributed by atoms with Crippen molar-refractivity contribution in [2.75, 3.05) is 13.2 Å². The van der Waals surface area contributed by atoms with Crippen molar-refractivity contribution in [3.63, 3.8) is 0 Å². The van der Waals surface area contributed by atoms with Crippen LogP contribution in [0.4, 0.5) is 0 Å². The third-order valence-electron chi connectivity index (χ3n) is 2.13. The Hall–Kier alpha value is -1.02. The first-order valence-corrected chi connectivity index (χ1v) is 4.66. The van der Waals surface area contributed by atoms with Crippen LogP contribution in [0.2, 0.25) is 0 Å². The van der Waals surface area contributed by atoms with Crippen molar-refractivity contribution >= 4 is 0 Å². The van der Waals surface area contributed by atoms with Crippen molar-refractivity contribution in [3.8, 4) is 5.75 Å². The van der Waals surface area contributed by atoms with Gasteiger partial charge >= 0.3 is 0 Å². The molecule has 0 amide bonds. The molecule has 1 saturated heterocycles. The van der Waals surface area contributed by atoms with E-state index in [2.05, 4.69) is 6.07 Å². The zero-order valence-corrected chi connectivity index (χ0v) is 7.53. The SMILES string of the molecule is [c]1ccccc1OCC1CCCO1. The lowest BCUT2D eigenvalue weighted by Gasteiger charge is -2.10. The van der Waals surface area contributed by atoms with Crippen molar-refractivity contribution in [1.29, 1.82) is 0 Å². The van der Waals surface area contributed by atoms with Crippen LogP contribution < -0.4 is 4.74 Å². The minimum Gasteiger partial charge on any atom is -0.490 e. The molecule has 1 aromatic rings. The Bertz CT molecular complexity index is 240. The summed E-state index contributed by atoms with van der Waals surface area (Å²) in [5, 5.41) is 0.